The van der Waals surface area contributed by atoms with Crippen LogP contribution in [0.3, 0.4) is 0 Å². The topological polar surface area (TPSA) is 60.4 Å². The number of ether oxygens (including phenoxy) is 1. The van der Waals surface area contributed by atoms with Gasteiger partial charge in [-0.25, -0.2) is 0 Å². The van der Waals surface area contributed by atoms with Gasteiger partial charge in [0, 0.05) is 11.8 Å². The average molecular weight is 307 g/mol. The van der Waals surface area contributed by atoms with E-state index in [1.165, 1.54) is 0 Å². The molecule has 2 aliphatic carbocycles. The van der Waals surface area contributed by atoms with Gasteiger partial charge in [0.1, 0.15) is 6.61 Å². The van der Waals surface area contributed by atoms with Crippen LogP contribution in [0, 0.1) is 23.2 Å². The number of fused-ring (bicyclic) bond motifs is 1. The molecule has 6 heteroatoms. The summed E-state index contributed by atoms with van der Waals surface area (Å²) < 4.78 is 5.13. The van der Waals surface area contributed by atoms with Crippen LogP contribution in [-0.4, -0.2) is 34.9 Å². The van der Waals surface area contributed by atoms with Crippen LogP contribution in [0.15, 0.2) is 0 Å². The van der Waals surface area contributed by atoms with E-state index in [1.54, 1.807) is 20.8 Å². The van der Waals surface area contributed by atoms with Crippen molar-refractivity contribution in [1.29, 1.82) is 0 Å². The van der Waals surface area contributed by atoms with Crippen molar-refractivity contribution in [1.82, 2.24) is 0 Å². The van der Waals surface area contributed by atoms with E-state index in [0.717, 1.165) is 0 Å². The maximum atomic E-state index is 11.9. The lowest BCUT2D eigenvalue weighted by Gasteiger charge is -2.41. The number of Topliss-reactive ketones (excluding diaryl/α,β-unsaturated/α-hetero) is 2. The second kappa shape index (κ2) is 4.74. The van der Waals surface area contributed by atoms with E-state index in [0.29, 0.717) is 0 Å². The first-order valence-corrected chi connectivity index (χ1v) is 7.07. The van der Waals surface area contributed by atoms with Crippen LogP contribution in [0.1, 0.15) is 20.8 Å². The van der Waals surface area contributed by atoms with Gasteiger partial charge < -0.3 is 4.74 Å². The fourth-order valence-electron chi connectivity index (χ4n) is 2.56. The molecule has 0 aromatic rings. The van der Waals surface area contributed by atoms with E-state index >= 15 is 0 Å². The second-order valence-electron chi connectivity index (χ2n) is 6.18. The van der Waals surface area contributed by atoms with Gasteiger partial charge in [-0.15, -0.1) is 23.2 Å². The van der Waals surface area contributed by atoms with Crippen LogP contribution < -0.4 is 0 Å². The Morgan fingerprint density at radius 2 is 1.74 bits per heavy atom. The van der Waals surface area contributed by atoms with E-state index in [1.807, 2.05) is 0 Å². The van der Waals surface area contributed by atoms with E-state index in [-0.39, 0.29) is 12.5 Å². The Balaban J connectivity index is 2.04. The lowest BCUT2D eigenvalue weighted by Crippen LogP contribution is -2.51. The average Bonchev–Trinajstić information content (AvgIpc) is 2.55. The zero-order valence-corrected chi connectivity index (χ0v) is 12.5. The van der Waals surface area contributed by atoms with Gasteiger partial charge in [-0.2, -0.15) is 0 Å². The highest BCUT2D eigenvalue weighted by atomic mass is 35.5. The van der Waals surface area contributed by atoms with Gasteiger partial charge in [-0.05, 0) is 20.8 Å². The first-order chi connectivity index (χ1) is 8.66. The molecule has 106 valence electrons. The number of esters is 1. The van der Waals surface area contributed by atoms with Crippen molar-refractivity contribution < 1.29 is 19.1 Å². The van der Waals surface area contributed by atoms with Crippen LogP contribution in [0.25, 0.3) is 0 Å². The van der Waals surface area contributed by atoms with Crippen LogP contribution in [0.2, 0.25) is 0 Å². The molecule has 2 aliphatic rings. The number of carbonyl (C=O) groups excluding carboxylic acids is 3. The molecular weight excluding hydrogens is 291 g/mol. The van der Waals surface area contributed by atoms with Crippen molar-refractivity contribution in [2.24, 2.45) is 23.2 Å². The van der Waals surface area contributed by atoms with Crippen molar-refractivity contribution in [2.45, 2.75) is 31.5 Å². The summed E-state index contributed by atoms with van der Waals surface area (Å²) in [5, 5.41) is -0.910. The van der Waals surface area contributed by atoms with Crippen molar-refractivity contribution in [3.63, 3.8) is 0 Å². The number of alkyl halides is 2. The van der Waals surface area contributed by atoms with Crippen LogP contribution in [0.5, 0.6) is 0 Å². The summed E-state index contributed by atoms with van der Waals surface area (Å²) in [6.07, 6.45) is 0. The molecule has 19 heavy (non-hydrogen) atoms. The number of carbonyl (C=O) groups is 3. The first kappa shape index (κ1) is 14.8. The summed E-state index contributed by atoms with van der Waals surface area (Å²) in [7, 11) is 0. The summed E-state index contributed by atoms with van der Waals surface area (Å²) in [4.78, 5) is 35.3. The molecule has 2 rings (SSSR count). The number of halogens is 2. The maximum absolute atomic E-state index is 11.9. The minimum atomic E-state index is -0.639. The Morgan fingerprint density at radius 3 is 2.26 bits per heavy atom. The molecule has 2 fully saturated rings. The molecule has 0 saturated heterocycles. The lowest BCUT2D eigenvalue weighted by atomic mass is 9.71. The zero-order chi connectivity index (χ0) is 14.5. The molecule has 0 amide bonds. The Labute approximate surface area is 121 Å². The lowest BCUT2D eigenvalue weighted by molar-refractivity contribution is -0.155. The Hall–Kier alpha value is -0.610. The molecule has 0 radical (unpaired) electrons. The quantitative estimate of drug-likeness (QED) is 0.443. The molecule has 0 spiro atoms. The van der Waals surface area contributed by atoms with Gasteiger partial charge in [-0.1, -0.05) is 0 Å². The van der Waals surface area contributed by atoms with Crippen molar-refractivity contribution in [3.05, 3.63) is 0 Å². The van der Waals surface area contributed by atoms with Gasteiger partial charge in [0.25, 0.3) is 0 Å². The molecule has 0 N–H and O–H groups in total. The Morgan fingerprint density at radius 1 is 1.16 bits per heavy atom. The highest BCUT2D eigenvalue weighted by Crippen LogP contribution is 2.52. The van der Waals surface area contributed by atoms with Crippen LogP contribution in [0.4, 0.5) is 0 Å². The number of rotatable bonds is 2. The minimum Gasteiger partial charge on any atom is -0.464 e. The second-order valence-corrected chi connectivity index (χ2v) is 7.18. The number of hydrogen-bond acceptors (Lipinski definition) is 4. The zero-order valence-electron chi connectivity index (χ0n) is 11.0. The Bertz CT molecular complexity index is 440. The minimum absolute atomic E-state index is 0.0886. The largest absolute Gasteiger partial charge is 0.464 e. The number of hydrogen-bond donors (Lipinski definition) is 0. The number of ketones is 2. The molecule has 0 aromatic carbocycles. The van der Waals surface area contributed by atoms with E-state index in [9.17, 15) is 14.4 Å². The fraction of sp³-hybridized carbons (Fsp3) is 0.769. The van der Waals surface area contributed by atoms with Gasteiger partial charge in [0.05, 0.1) is 22.1 Å². The predicted molar refractivity (Wildman–Crippen MR) is 70.2 cm³/mol. The molecule has 4 nitrogen and oxygen atoms in total. The molecule has 0 aliphatic heterocycles. The fourth-order valence-corrected chi connectivity index (χ4v) is 3.50. The SMILES string of the molecule is CC(C)(C)C(=O)OC[C@H]1C(=O)C(=O)[C@@H]2[C@@H](Cl)[C@@H](Cl)[C@@H]21. The van der Waals surface area contributed by atoms with Crippen LogP contribution >= 0.6 is 23.2 Å². The third-order valence-corrected chi connectivity index (χ3v) is 5.02. The molecule has 0 aromatic heterocycles. The van der Waals surface area contributed by atoms with E-state index < -0.39 is 45.5 Å². The summed E-state index contributed by atoms with van der Waals surface area (Å²) in [5.41, 5.74) is -0.639. The van der Waals surface area contributed by atoms with E-state index in [2.05, 4.69) is 0 Å². The van der Waals surface area contributed by atoms with Gasteiger partial charge >= 0.3 is 5.97 Å². The highest BCUT2D eigenvalue weighted by molar-refractivity contribution is 6.46. The summed E-state index contributed by atoms with van der Waals surface area (Å²) >= 11 is 12.0. The van der Waals surface area contributed by atoms with Crippen LogP contribution in [-0.2, 0) is 19.1 Å². The highest BCUT2D eigenvalue weighted by Gasteiger charge is 2.64. The molecule has 2 saturated carbocycles. The standard InChI is InChI=1S/C13H16Cl2O4/c1-13(2,3)12(18)19-4-5-6-7(9(15)8(6)14)11(17)10(5)16/h5-9H,4H2,1-3H3/t5-,6-,7+,8+,9-/m1/s1. The normalized spacial score (nSPS) is 37.8. The first-order valence-electron chi connectivity index (χ1n) is 6.19. The molecule has 0 bridgehead atoms. The van der Waals surface area contributed by atoms with E-state index in [4.69, 9.17) is 27.9 Å². The van der Waals surface area contributed by atoms with Crippen molar-refractivity contribution >= 4 is 40.7 Å². The molecule has 5 atom stereocenters. The Kier molecular flexibility index (Phi) is 3.69. The third kappa shape index (κ3) is 2.29. The van der Waals surface area contributed by atoms with Crippen molar-refractivity contribution in [3.8, 4) is 0 Å². The van der Waals surface area contributed by atoms with Crippen molar-refractivity contribution in [2.75, 3.05) is 6.61 Å². The molecular formula is C13H16Cl2O4. The summed E-state index contributed by atoms with van der Waals surface area (Å²) in [5.74, 6) is -2.82. The summed E-state index contributed by atoms with van der Waals surface area (Å²) in [6.45, 7) is 5.08. The van der Waals surface area contributed by atoms with Gasteiger partial charge in [0.15, 0.2) is 0 Å². The third-order valence-electron chi connectivity index (χ3n) is 3.78. The van der Waals surface area contributed by atoms with Gasteiger partial charge in [0.2, 0.25) is 11.6 Å². The molecule has 0 unspecified atom stereocenters. The summed E-state index contributed by atoms with van der Waals surface area (Å²) in [6, 6.07) is 0. The smallest absolute Gasteiger partial charge is 0.311 e. The molecule has 0 heterocycles. The monoisotopic (exact) mass is 306 g/mol. The van der Waals surface area contributed by atoms with Gasteiger partial charge in [-0.3, -0.25) is 14.4 Å². The predicted octanol–water partition coefficient (Wildman–Crippen LogP) is 1.80. The maximum Gasteiger partial charge on any atom is 0.311 e.